The Bertz CT molecular complexity index is 1140. The predicted octanol–water partition coefficient (Wildman–Crippen LogP) is 4.27. The van der Waals surface area contributed by atoms with Gasteiger partial charge in [0.05, 0.1) is 22.6 Å². The molecule has 1 saturated carbocycles. The van der Waals surface area contributed by atoms with Crippen molar-refractivity contribution >= 4 is 11.0 Å². The van der Waals surface area contributed by atoms with Gasteiger partial charge in [-0.15, -0.1) is 0 Å². The zero-order valence-electron chi connectivity index (χ0n) is 16.4. The Morgan fingerprint density at radius 2 is 1.87 bits per heavy atom. The topological polar surface area (TPSA) is 72.8 Å². The Kier molecular flexibility index (Phi) is 5.03. The van der Waals surface area contributed by atoms with E-state index in [1.807, 2.05) is 0 Å². The summed E-state index contributed by atoms with van der Waals surface area (Å²) in [6.07, 6.45) is -2.26. The number of alkyl halides is 3. The summed E-state index contributed by atoms with van der Waals surface area (Å²) in [4.78, 5) is 23.6. The van der Waals surface area contributed by atoms with E-state index >= 15 is 0 Å². The summed E-state index contributed by atoms with van der Waals surface area (Å²) in [7, 11) is 1.47. The van der Waals surface area contributed by atoms with Gasteiger partial charge in [0.15, 0.2) is 5.82 Å². The summed E-state index contributed by atoms with van der Waals surface area (Å²) in [5, 5.41) is 0. The lowest BCUT2D eigenvalue weighted by molar-refractivity contribution is -0.185. The van der Waals surface area contributed by atoms with Crippen LogP contribution in [0, 0.1) is 18.7 Å². The highest BCUT2D eigenvalue weighted by Crippen LogP contribution is 2.38. The van der Waals surface area contributed by atoms with Crippen molar-refractivity contribution in [2.45, 2.75) is 44.9 Å². The molecular weight excluding hydrogens is 404 g/mol. The van der Waals surface area contributed by atoms with Crippen LogP contribution in [0.1, 0.15) is 31.5 Å². The maximum atomic E-state index is 13.7. The van der Waals surface area contributed by atoms with Crippen LogP contribution in [0.2, 0.25) is 0 Å². The quantitative estimate of drug-likeness (QED) is 0.638. The second kappa shape index (κ2) is 7.41. The van der Waals surface area contributed by atoms with Crippen molar-refractivity contribution in [3.8, 4) is 17.1 Å². The van der Waals surface area contributed by atoms with Gasteiger partial charge in [-0.25, -0.2) is 9.37 Å². The fraction of sp³-hybridized carbons (Fsp3) is 0.450. The van der Waals surface area contributed by atoms with Crippen molar-refractivity contribution in [2.24, 2.45) is 13.0 Å². The standard InChI is InChI=1S/C20H20F4N4O2/c1-10-26-15(13-9-25-16-7-14(21)19(29)28(2)18(13)16)8-17(27-10)30-12-5-3-11(4-6-12)20(22,23)24/h7-9,11-12,25H,3-6H2,1-2H3. The Hall–Kier alpha value is -2.91. The molecule has 1 aliphatic rings. The number of ether oxygens (including phenoxy) is 1. The maximum Gasteiger partial charge on any atom is 0.391 e. The normalized spacial score (nSPS) is 19.9. The molecule has 1 fully saturated rings. The summed E-state index contributed by atoms with van der Waals surface area (Å²) in [5.74, 6) is -1.48. The van der Waals surface area contributed by atoms with E-state index in [-0.39, 0.29) is 24.8 Å². The van der Waals surface area contributed by atoms with Crippen LogP contribution in [0.3, 0.4) is 0 Å². The van der Waals surface area contributed by atoms with Gasteiger partial charge in [-0.3, -0.25) is 4.79 Å². The number of nitrogens with one attached hydrogen (secondary N) is 1. The molecule has 0 unspecified atom stereocenters. The summed E-state index contributed by atoms with van der Waals surface area (Å²) >= 11 is 0. The van der Waals surface area contributed by atoms with Crippen LogP contribution in [-0.4, -0.2) is 31.8 Å². The molecule has 0 radical (unpaired) electrons. The van der Waals surface area contributed by atoms with Gasteiger partial charge in [0.2, 0.25) is 5.88 Å². The van der Waals surface area contributed by atoms with Crippen molar-refractivity contribution < 1.29 is 22.3 Å². The minimum Gasteiger partial charge on any atom is -0.474 e. The first-order chi connectivity index (χ1) is 14.1. The van der Waals surface area contributed by atoms with E-state index in [0.717, 1.165) is 6.07 Å². The second-order valence-corrected chi connectivity index (χ2v) is 7.59. The van der Waals surface area contributed by atoms with Crippen molar-refractivity contribution in [3.63, 3.8) is 0 Å². The minimum absolute atomic E-state index is 0.0290. The number of halogens is 4. The lowest BCUT2D eigenvalue weighted by Crippen LogP contribution is -2.32. The number of nitrogens with zero attached hydrogens (tertiary/aromatic N) is 3. The Morgan fingerprint density at radius 1 is 1.17 bits per heavy atom. The monoisotopic (exact) mass is 424 g/mol. The van der Waals surface area contributed by atoms with Crippen molar-refractivity contribution in [1.29, 1.82) is 0 Å². The molecule has 0 atom stereocenters. The molecule has 160 valence electrons. The van der Waals surface area contributed by atoms with Crippen molar-refractivity contribution in [3.05, 3.63) is 40.3 Å². The molecule has 4 rings (SSSR count). The number of hydrogen-bond acceptors (Lipinski definition) is 4. The molecule has 10 heteroatoms. The third-order valence-electron chi connectivity index (χ3n) is 5.51. The zero-order valence-corrected chi connectivity index (χ0v) is 16.4. The number of pyridine rings is 1. The van der Waals surface area contributed by atoms with Crippen molar-refractivity contribution in [1.82, 2.24) is 19.5 Å². The molecule has 3 aromatic rings. The SMILES string of the molecule is Cc1nc(OC2CCC(C(F)(F)F)CC2)cc(-c2c[nH]c3cc(F)c(=O)n(C)c23)n1. The third-order valence-corrected chi connectivity index (χ3v) is 5.51. The molecular formula is C20H20F4N4O2. The number of fused-ring (bicyclic) bond motifs is 1. The molecule has 1 N–H and O–H groups in total. The van der Waals surface area contributed by atoms with Crippen LogP contribution >= 0.6 is 0 Å². The van der Waals surface area contributed by atoms with Crippen LogP contribution in [0.25, 0.3) is 22.3 Å². The minimum atomic E-state index is -4.17. The number of aryl methyl sites for hydroxylation is 2. The first-order valence-electron chi connectivity index (χ1n) is 9.59. The summed E-state index contributed by atoms with van der Waals surface area (Å²) in [6.45, 7) is 1.67. The number of hydrogen-bond donors (Lipinski definition) is 1. The van der Waals surface area contributed by atoms with Crippen LogP contribution < -0.4 is 10.3 Å². The maximum absolute atomic E-state index is 13.7. The van der Waals surface area contributed by atoms with Crippen LogP contribution in [0.4, 0.5) is 17.6 Å². The Balaban J connectivity index is 1.62. The highest BCUT2D eigenvalue weighted by Gasteiger charge is 2.41. The van der Waals surface area contributed by atoms with Gasteiger partial charge in [-0.1, -0.05) is 0 Å². The van der Waals surface area contributed by atoms with Gasteiger partial charge in [-0.05, 0) is 32.6 Å². The van der Waals surface area contributed by atoms with E-state index in [4.69, 9.17) is 4.74 Å². The smallest absolute Gasteiger partial charge is 0.391 e. The van der Waals surface area contributed by atoms with Gasteiger partial charge in [0.25, 0.3) is 5.56 Å². The largest absolute Gasteiger partial charge is 0.474 e. The van der Waals surface area contributed by atoms with Gasteiger partial charge in [-0.2, -0.15) is 18.2 Å². The molecule has 0 saturated heterocycles. The fourth-order valence-corrected chi connectivity index (χ4v) is 3.97. The molecule has 3 heterocycles. The van der Waals surface area contributed by atoms with Crippen LogP contribution in [0.5, 0.6) is 5.88 Å². The molecule has 3 aromatic heterocycles. The van der Waals surface area contributed by atoms with E-state index in [9.17, 15) is 22.4 Å². The van der Waals surface area contributed by atoms with Gasteiger partial charge >= 0.3 is 6.18 Å². The molecule has 30 heavy (non-hydrogen) atoms. The fourth-order valence-electron chi connectivity index (χ4n) is 3.97. The van der Waals surface area contributed by atoms with Crippen LogP contribution in [-0.2, 0) is 7.05 Å². The molecule has 0 aromatic carbocycles. The lowest BCUT2D eigenvalue weighted by atomic mass is 9.87. The summed E-state index contributed by atoms with van der Waals surface area (Å²) in [5.41, 5.74) is 1.20. The highest BCUT2D eigenvalue weighted by atomic mass is 19.4. The highest BCUT2D eigenvalue weighted by molar-refractivity contribution is 5.91. The van der Waals surface area contributed by atoms with Gasteiger partial charge in [0.1, 0.15) is 11.9 Å². The third kappa shape index (κ3) is 3.78. The number of H-pyrrole nitrogens is 1. The summed E-state index contributed by atoms with van der Waals surface area (Å²) < 4.78 is 59.4. The average molecular weight is 424 g/mol. The average Bonchev–Trinajstić information content (AvgIpc) is 3.09. The molecule has 0 amide bonds. The molecule has 0 aliphatic heterocycles. The van der Waals surface area contributed by atoms with E-state index in [2.05, 4.69) is 15.0 Å². The number of aromatic amines is 1. The molecule has 6 nitrogen and oxygen atoms in total. The molecule has 0 spiro atoms. The first kappa shape index (κ1) is 20.4. The van der Waals surface area contributed by atoms with E-state index in [1.54, 1.807) is 19.2 Å². The Labute approximate surface area is 168 Å². The second-order valence-electron chi connectivity index (χ2n) is 7.59. The molecule has 1 aliphatic carbocycles. The van der Waals surface area contributed by atoms with Gasteiger partial charge in [0, 0.05) is 30.9 Å². The van der Waals surface area contributed by atoms with Crippen molar-refractivity contribution in [2.75, 3.05) is 0 Å². The van der Waals surface area contributed by atoms with E-state index in [0.29, 0.717) is 41.0 Å². The summed E-state index contributed by atoms with van der Waals surface area (Å²) in [6, 6.07) is 2.71. The van der Waals surface area contributed by atoms with E-state index in [1.165, 1.54) is 11.6 Å². The van der Waals surface area contributed by atoms with Gasteiger partial charge < -0.3 is 14.3 Å². The molecule has 0 bridgehead atoms. The first-order valence-corrected chi connectivity index (χ1v) is 9.59. The number of aromatic nitrogens is 4. The lowest BCUT2D eigenvalue weighted by Gasteiger charge is -2.29. The zero-order chi connectivity index (χ0) is 21.6. The Morgan fingerprint density at radius 3 is 2.53 bits per heavy atom. The van der Waals surface area contributed by atoms with E-state index < -0.39 is 23.5 Å². The number of rotatable bonds is 3. The van der Waals surface area contributed by atoms with Crippen LogP contribution in [0.15, 0.2) is 23.1 Å². The predicted molar refractivity (Wildman–Crippen MR) is 102 cm³/mol.